The molecule has 0 aromatic carbocycles. The summed E-state index contributed by atoms with van der Waals surface area (Å²) in [5.74, 6) is 2.49. The second-order valence-electron chi connectivity index (χ2n) is 7.91. The number of piperidine rings is 1. The minimum Gasteiger partial charge on any atom is -0.341 e. The average molecular weight is 304 g/mol. The van der Waals surface area contributed by atoms with Crippen LogP contribution in [0.3, 0.4) is 0 Å². The summed E-state index contributed by atoms with van der Waals surface area (Å²) in [5, 5.41) is 0. The van der Waals surface area contributed by atoms with Crippen molar-refractivity contribution in [1.82, 2.24) is 9.80 Å². The van der Waals surface area contributed by atoms with Crippen LogP contribution < -0.4 is 0 Å². The molecule has 4 nitrogen and oxygen atoms in total. The minimum absolute atomic E-state index is 0.280. The van der Waals surface area contributed by atoms with Gasteiger partial charge in [-0.2, -0.15) is 0 Å². The summed E-state index contributed by atoms with van der Waals surface area (Å²) in [4.78, 5) is 29.2. The first-order valence-corrected chi connectivity index (χ1v) is 9.30. The van der Waals surface area contributed by atoms with Crippen molar-refractivity contribution in [2.45, 2.75) is 63.8 Å². The first-order valence-electron chi connectivity index (χ1n) is 9.30. The normalized spacial score (nSPS) is 38.1. The fourth-order valence-corrected chi connectivity index (χ4v) is 5.39. The van der Waals surface area contributed by atoms with Gasteiger partial charge in [0.1, 0.15) is 0 Å². The molecule has 2 saturated carbocycles. The van der Waals surface area contributed by atoms with Crippen LogP contribution in [0.4, 0.5) is 0 Å². The number of hydrogen-bond donors (Lipinski definition) is 0. The van der Waals surface area contributed by atoms with E-state index in [0.717, 1.165) is 51.2 Å². The quantitative estimate of drug-likeness (QED) is 0.803. The summed E-state index contributed by atoms with van der Waals surface area (Å²) < 4.78 is 0. The molecule has 4 fully saturated rings. The third-order valence-corrected chi connectivity index (χ3v) is 6.57. The summed E-state index contributed by atoms with van der Waals surface area (Å²) in [6, 6.07) is 0.280. The number of carbonyl (C=O) groups excluding carboxylic acids is 2. The summed E-state index contributed by atoms with van der Waals surface area (Å²) in [5.41, 5.74) is 0. The van der Waals surface area contributed by atoms with Crippen molar-refractivity contribution in [2.75, 3.05) is 19.6 Å². The minimum atomic E-state index is 0.280. The number of likely N-dealkylation sites (tertiary alicyclic amines) is 2. The van der Waals surface area contributed by atoms with Crippen LogP contribution in [0.5, 0.6) is 0 Å². The Morgan fingerprint density at radius 3 is 2.64 bits per heavy atom. The molecular formula is C18H28N2O2. The second kappa shape index (κ2) is 5.86. The largest absolute Gasteiger partial charge is 0.341 e. The van der Waals surface area contributed by atoms with Gasteiger partial charge in [-0.1, -0.05) is 6.42 Å². The highest BCUT2D eigenvalue weighted by molar-refractivity contribution is 5.81. The van der Waals surface area contributed by atoms with Crippen LogP contribution in [0.2, 0.25) is 0 Å². The molecule has 2 aliphatic heterocycles. The highest BCUT2D eigenvalue weighted by atomic mass is 16.2. The Morgan fingerprint density at radius 1 is 1.05 bits per heavy atom. The Morgan fingerprint density at radius 2 is 1.95 bits per heavy atom. The van der Waals surface area contributed by atoms with Gasteiger partial charge in [0.2, 0.25) is 11.8 Å². The lowest BCUT2D eigenvalue weighted by Crippen LogP contribution is -2.52. The second-order valence-corrected chi connectivity index (χ2v) is 7.91. The van der Waals surface area contributed by atoms with E-state index in [2.05, 4.69) is 4.90 Å². The van der Waals surface area contributed by atoms with Gasteiger partial charge in [-0.15, -0.1) is 0 Å². The molecule has 4 aliphatic rings. The van der Waals surface area contributed by atoms with E-state index in [9.17, 15) is 9.59 Å². The van der Waals surface area contributed by atoms with Gasteiger partial charge in [0.25, 0.3) is 0 Å². The van der Waals surface area contributed by atoms with Gasteiger partial charge in [-0.05, 0) is 56.8 Å². The molecule has 22 heavy (non-hydrogen) atoms. The maximum atomic E-state index is 13.1. The van der Waals surface area contributed by atoms with Crippen molar-refractivity contribution in [1.29, 1.82) is 0 Å². The molecule has 4 rings (SSSR count). The number of rotatable bonds is 3. The number of nitrogens with zero attached hydrogens (tertiary/aromatic N) is 2. The van der Waals surface area contributed by atoms with Gasteiger partial charge < -0.3 is 9.80 Å². The lowest BCUT2D eigenvalue weighted by molar-refractivity contribution is -0.143. The number of amides is 2. The number of fused-ring (bicyclic) bond motifs is 2. The van der Waals surface area contributed by atoms with Gasteiger partial charge >= 0.3 is 0 Å². The van der Waals surface area contributed by atoms with Crippen molar-refractivity contribution >= 4 is 11.8 Å². The molecule has 2 amide bonds. The van der Waals surface area contributed by atoms with Crippen LogP contribution in [-0.2, 0) is 9.59 Å². The summed E-state index contributed by atoms with van der Waals surface area (Å²) in [6.45, 7) is 2.59. The molecular weight excluding hydrogens is 276 g/mol. The standard InChI is InChI=1S/C18H28N2O2/c21-17-5-3-8-19(17)12-15-4-1-2-9-20(15)18(22)16-11-13-6-7-14(16)10-13/h13-16H,1-12H2/t13-,14-,15+,16+/m0/s1. The third-order valence-electron chi connectivity index (χ3n) is 6.57. The van der Waals surface area contributed by atoms with E-state index in [4.69, 9.17) is 0 Å². The van der Waals surface area contributed by atoms with Gasteiger partial charge in [0.15, 0.2) is 0 Å². The van der Waals surface area contributed by atoms with E-state index < -0.39 is 0 Å². The lowest BCUT2D eigenvalue weighted by Gasteiger charge is -2.40. The highest BCUT2D eigenvalue weighted by Gasteiger charge is 2.45. The monoisotopic (exact) mass is 304 g/mol. The molecule has 0 aromatic heterocycles. The van der Waals surface area contributed by atoms with Crippen molar-refractivity contribution in [3.63, 3.8) is 0 Å². The molecule has 2 bridgehead atoms. The van der Waals surface area contributed by atoms with E-state index in [0.29, 0.717) is 24.2 Å². The van der Waals surface area contributed by atoms with Crippen molar-refractivity contribution < 1.29 is 9.59 Å². The van der Waals surface area contributed by atoms with Crippen molar-refractivity contribution in [3.05, 3.63) is 0 Å². The molecule has 122 valence electrons. The summed E-state index contributed by atoms with van der Waals surface area (Å²) in [6.07, 6.45) is 10.2. The van der Waals surface area contributed by atoms with Gasteiger partial charge in [-0.25, -0.2) is 0 Å². The van der Waals surface area contributed by atoms with E-state index in [1.54, 1.807) is 0 Å². The van der Waals surface area contributed by atoms with Crippen LogP contribution in [-0.4, -0.2) is 47.3 Å². The van der Waals surface area contributed by atoms with E-state index in [1.807, 2.05) is 4.90 Å². The van der Waals surface area contributed by atoms with E-state index >= 15 is 0 Å². The molecule has 2 heterocycles. The van der Waals surface area contributed by atoms with Gasteiger partial charge in [0, 0.05) is 38.0 Å². The Balaban J connectivity index is 1.43. The zero-order valence-corrected chi connectivity index (χ0v) is 13.5. The molecule has 4 heteroatoms. The third kappa shape index (κ3) is 2.55. The zero-order valence-electron chi connectivity index (χ0n) is 13.5. The van der Waals surface area contributed by atoms with Crippen LogP contribution in [0, 0.1) is 17.8 Å². The Kier molecular flexibility index (Phi) is 3.87. The van der Waals surface area contributed by atoms with E-state index in [-0.39, 0.29) is 11.9 Å². The fraction of sp³-hybridized carbons (Fsp3) is 0.889. The molecule has 0 spiro atoms. The Hall–Kier alpha value is -1.06. The molecule has 4 atom stereocenters. The maximum absolute atomic E-state index is 13.1. The Bertz CT molecular complexity index is 464. The van der Waals surface area contributed by atoms with Crippen LogP contribution in [0.25, 0.3) is 0 Å². The SMILES string of the molecule is O=C1CCCN1C[C@H]1CCCCN1C(=O)[C@@H]1C[C@H]2CC[C@H]1C2. The summed E-state index contributed by atoms with van der Waals surface area (Å²) >= 11 is 0. The average Bonchev–Trinajstić information content (AvgIpc) is 3.25. The van der Waals surface area contributed by atoms with Crippen LogP contribution in [0.1, 0.15) is 57.8 Å². The van der Waals surface area contributed by atoms with Crippen LogP contribution in [0.15, 0.2) is 0 Å². The zero-order chi connectivity index (χ0) is 15.1. The lowest BCUT2D eigenvalue weighted by atomic mass is 9.86. The number of hydrogen-bond acceptors (Lipinski definition) is 2. The smallest absolute Gasteiger partial charge is 0.226 e. The molecule has 0 N–H and O–H groups in total. The molecule has 0 radical (unpaired) electrons. The van der Waals surface area contributed by atoms with Gasteiger partial charge in [0.05, 0.1) is 0 Å². The first-order chi connectivity index (χ1) is 10.7. The summed E-state index contributed by atoms with van der Waals surface area (Å²) in [7, 11) is 0. The molecule has 2 aliphatic carbocycles. The maximum Gasteiger partial charge on any atom is 0.226 e. The van der Waals surface area contributed by atoms with Crippen molar-refractivity contribution in [2.24, 2.45) is 17.8 Å². The van der Waals surface area contributed by atoms with Gasteiger partial charge in [-0.3, -0.25) is 9.59 Å². The van der Waals surface area contributed by atoms with E-state index in [1.165, 1.54) is 25.7 Å². The predicted molar refractivity (Wildman–Crippen MR) is 84.1 cm³/mol. The topological polar surface area (TPSA) is 40.6 Å². The molecule has 2 saturated heterocycles. The van der Waals surface area contributed by atoms with Crippen LogP contribution >= 0.6 is 0 Å². The fourth-order valence-electron chi connectivity index (χ4n) is 5.39. The molecule has 0 aromatic rings. The van der Waals surface area contributed by atoms with Crippen molar-refractivity contribution in [3.8, 4) is 0 Å². The molecule has 0 unspecified atom stereocenters. The highest BCUT2D eigenvalue weighted by Crippen LogP contribution is 2.49. The first kappa shape index (κ1) is 14.5. The Labute approximate surface area is 133 Å². The number of carbonyl (C=O) groups is 2. The predicted octanol–water partition coefficient (Wildman–Crippen LogP) is 2.43.